The molecule has 6 heteroatoms. The molecule has 0 bridgehead atoms. The number of rotatable bonds is 5. The minimum absolute atomic E-state index is 0.100. The van der Waals surface area contributed by atoms with E-state index in [2.05, 4.69) is 28.1 Å². The molecule has 6 nitrogen and oxygen atoms in total. The summed E-state index contributed by atoms with van der Waals surface area (Å²) in [4.78, 5) is 22.0. The van der Waals surface area contributed by atoms with Crippen molar-refractivity contribution in [3.8, 4) is 11.4 Å². The second-order valence-electron chi connectivity index (χ2n) is 8.42. The standard InChI is InChI=1S/C27H28N4O2/c1-33-24-13-7-21(8-14-24)19-29-15-4-16-30(18-17-29)27(32)22-9-11-23(12-10-22)31-20-28-25-5-2-3-6-26(25)31/h2-3,5-14,20H,4,15-19H2,1H3. The Morgan fingerprint density at radius 2 is 1.70 bits per heavy atom. The number of carbonyl (C=O) groups is 1. The Morgan fingerprint density at radius 1 is 0.909 bits per heavy atom. The van der Waals surface area contributed by atoms with Crippen LogP contribution in [0.5, 0.6) is 5.75 Å². The molecule has 0 unspecified atom stereocenters. The highest BCUT2D eigenvalue weighted by Gasteiger charge is 2.20. The highest BCUT2D eigenvalue weighted by molar-refractivity contribution is 5.94. The number of aromatic nitrogens is 2. The van der Waals surface area contributed by atoms with Gasteiger partial charge in [-0.25, -0.2) is 4.98 Å². The van der Waals surface area contributed by atoms with Gasteiger partial charge in [0.25, 0.3) is 5.91 Å². The van der Waals surface area contributed by atoms with Gasteiger partial charge in [-0.3, -0.25) is 14.3 Å². The predicted octanol–water partition coefficient (Wildman–Crippen LogP) is 4.38. The lowest BCUT2D eigenvalue weighted by atomic mass is 10.1. The lowest BCUT2D eigenvalue weighted by molar-refractivity contribution is 0.0761. The molecule has 0 spiro atoms. The second kappa shape index (κ2) is 9.46. The van der Waals surface area contributed by atoms with Crippen molar-refractivity contribution in [2.45, 2.75) is 13.0 Å². The maximum absolute atomic E-state index is 13.2. The maximum atomic E-state index is 13.2. The molecule has 0 saturated carbocycles. The van der Waals surface area contributed by atoms with Gasteiger partial charge < -0.3 is 9.64 Å². The van der Waals surface area contributed by atoms with E-state index in [1.165, 1.54) is 5.56 Å². The van der Waals surface area contributed by atoms with E-state index in [1.807, 2.05) is 70.4 Å². The lowest BCUT2D eigenvalue weighted by Crippen LogP contribution is -2.35. The minimum Gasteiger partial charge on any atom is -0.497 e. The summed E-state index contributed by atoms with van der Waals surface area (Å²) in [5, 5.41) is 0. The molecule has 33 heavy (non-hydrogen) atoms. The van der Waals surface area contributed by atoms with Crippen LogP contribution in [0.4, 0.5) is 0 Å². The average Bonchev–Trinajstić information content (AvgIpc) is 3.16. The first-order chi connectivity index (χ1) is 16.2. The molecule has 4 aromatic rings. The fourth-order valence-electron chi connectivity index (χ4n) is 4.43. The molecule has 0 N–H and O–H groups in total. The van der Waals surface area contributed by atoms with E-state index in [0.717, 1.165) is 67.2 Å². The van der Waals surface area contributed by atoms with Gasteiger partial charge in [0, 0.05) is 44.0 Å². The topological polar surface area (TPSA) is 50.6 Å². The molecule has 168 valence electrons. The van der Waals surface area contributed by atoms with Crippen molar-refractivity contribution in [1.82, 2.24) is 19.4 Å². The van der Waals surface area contributed by atoms with Crippen molar-refractivity contribution < 1.29 is 9.53 Å². The number of carbonyl (C=O) groups excluding carboxylic acids is 1. The molecule has 5 rings (SSSR count). The van der Waals surface area contributed by atoms with Crippen LogP contribution in [0.15, 0.2) is 79.1 Å². The third-order valence-electron chi connectivity index (χ3n) is 6.29. The monoisotopic (exact) mass is 440 g/mol. The number of benzene rings is 3. The first kappa shape index (κ1) is 21.2. The highest BCUT2D eigenvalue weighted by atomic mass is 16.5. The minimum atomic E-state index is 0.100. The molecule has 0 aliphatic carbocycles. The largest absolute Gasteiger partial charge is 0.497 e. The van der Waals surface area contributed by atoms with E-state index < -0.39 is 0 Å². The van der Waals surface area contributed by atoms with Crippen molar-refractivity contribution in [3.63, 3.8) is 0 Å². The Morgan fingerprint density at radius 3 is 2.48 bits per heavy atom. The fourth-order valence-corrected chi connectivity index (χ4v) is 4.43. The number of hydrogen-bond acceptors (Lipinski definition) is 4. The van der Waals surface area contributed by atoms with E-state index in [1.54, 1.807) is 7.11 Å². The summed E-state index contributed by atoms with van der Waals surface area (Å²) in [5.41, 5.74) is 5.01. The van der Waals surface area contributed by atoms with E-state index in [0.29, 0.717) is 0 Å². The van der Waals surface area contributed by atoms with Gasteiger partial charge in [0.1, 0.15) is 12.1 Å². The predicted molar refractivity (Wildman–Crippen MR) is 130 cm³/mol. The average molecular weight is 441 g/mol. The summed E-state index contributed by atoms with van der Waals surface area (Å²) < 4.78 is 7.29. The van der Waals surface area contributed by atoms with Crippen molar-refractivity contribution in [3.05, 3.63) is 90.3 Å². The zero-order valence-electron chi connectivity index (χ0n) is 18.9. The van der Waals surface area contributed by atoms with Gasteiger partial charge >= 0.3 is 0 Å². The summed E-state index contributed by atoms with van der Waals surface area (Å²) in [6, 6.07) is 24.1. The first-order valence-corrected chi connectivity index (χ1v) is 11.4. The quantitative estimate of drug-likeness (QED) is 0.462. The third-order valence-corrected chi connectivity index (χ3v) is 6.29. The van der Waals surface area contributed by atoms with Gasteiger partial charge in [0.05, 0.1) is 18.1 Å². The first-order valence-electron chi connectivity index (χ1n) is 11.4. The van der Waals surface area contributed by atoms with Crippen LogP contribution in [0, 0.1) is 0 Å². The van der Waals surface area contributed by atoms with Crippen LogP contribution in [-0.4, -0.2) is 58.5 Å². The fraction of sp³-hybridized carbons (Fsp3) is 0.259. The molecule has 0 atom stereocenters. The number of methoxy groups -OCH3 is 1. The van der Waals surface area contributed by atoms with Gasteiger partial charge in [0.2, 0.25) is 0 Å². The van der Waals surface area contributed by atoms with Crippen LogP contribution in [0.2, 0.25) is 0 Å². The summed E-state index contributed by atoms with van der Waals surface area (Å²) in [6.45, 7) is 4.27. The zero-order chi connectivity index (χ0) is 22.6. The van der Waals surface area contributed by atoms with Crippen LogP contribution < -0.4 is 4.74 Å². The molecule has 0 radical (unpaired) electrons. The van der Waals surface area contributed by atoms with E-state index in [4.69, 9.17) is 4.74 Å². The van der Waals surface area contributed by atoms with Gasteiger partial charge in [0.15, 0.2) is 0 Å². The molecular formula is C27H28N4O2. The van der Waals surface area contributed by atoms with E-state index in [9.17, 15) is 4.79 Å². The molecule has 2 heterocycles. The van der Waals surface area contributed by atoms with E-state index >= 15 is 0 Å². The number of hydrogen-bond donors (Lipinski definition) is 0. The maximum Gasteiger partial charge on any atom is 0.253 e. The van der Waals surface area contributed by atoms with Gasteiger partial charge in [-0.1, -0.05) is 24.3 Å². The number of amides is 1. The van der Waals surface area contributed by atoms with Crippen molar-refractivity contribution >= 4 is 16.9 Å². The number of para-hydroxylation sites is 2. The molecule has 1 aliphatic heterocycles. The summed E-state index contributed by atoms with van der Waals surface area (Å²) in [5.74, 6) is 0.974. The van der Waals surface area contributed by atoms with Crippen LogP contribution in [-0.2, 0) is 6.54 Å². The normalized spacial score (nSPS) is 14.9. The van der Waals surface area contributed by atoms with Crippen molar-refractivity contribution in [2.75, 3.05) is 33.3 Å². The summed E-state index contributed by atoms with van der Waals surface area (Å²) in [6.07, 6.45) is 2.80. The van der Waals surface area contributed by atoms with Gasteiger partial charge in [-0.15, -0.1) is 0 Å². The summed E-state index contributed by atoms with van der Waals surface area (Å²) in [7, 11) is 1.68. The smallest absolute Gasteiger partial charge is 0.253 e. The van der Waals surface area contributed by atoms with Crippen molar-refractivity contribution in [2.24, 2.45) is 0 Å². The highest BCUT2D eigenvalue weighted by Crippen LogP contribution is 2.20. The molecule has 1 saturated heterocycles. The van der Waals surface area contributed by atoms with Gasteiger partial charge in [-0.2, -0.15) is 0 Å². The Labute approximate surface area is 194 Å². The third kappa shape index (κ3) is 4.61. The lowest BCUT2D eigenvalue weighted by Gasteiger charge is -2.22. The van der Waals surface area contributed by atoms with Crippen LogP contribution in [0.1, 0.15) is 22.3 Å². The van der Waals surface area contributed by atoms with Gasteiger partial charge in [-0.05, 0) is 60.5 Å². The van der Waals surface area contributed by atoms with Crippen molar-refractivity contribution in [1.29, 1.82) is 0 Å². The molecular weight excluding hydrogens is 412 g/mol. The number of fused-ring (bicyclic) bond motifs is 1. The Balaban J connectivity index is 1.23. The number of ether oxygens (including phenoxy) is 1. The molecule has 1 fully saturated rings. The number of imidazole rings is 1. The zero-order valence-corrected chi connectivity index (χ0v) is 18.9. The second-order valence-corrected chi connectivity index (χ2v) is 8.42. The Hall–Kier alpha value is -3.64. The molecule has 1 aromatic heterocycles. The summed E-state index contributed by atoms with van der Waals surface area (Å²) >= 11 is 0. The van der Waals surface area contributed by atoms with E-state index in [-0.39, 0.29) is 5.91 Å². The molecule has 1 aliphatic rings. The van der Waals surface area contributed by atoms with Crippen LogP contribution >= 0.6 is 0 Å². The molecule has 1 amide bonds. The molecule has 3 aromatic carbocycles. The Kier molecular flexibility index (Phi) is 6.09. The number of nitrogens with zero attached hydrogens (tertiary/aromatic N) is 4. The SMILES string of the molecule is COc1ccc(CN2CCCN(C(=O)c3ccc(-n4cnc5ccccc54)cc3)CC2)cc1. The van der Waals surface area contributed by atoms with Crippen LogP contribution in [0.25, 0.3) is 16.7 Å². The Bertz CT molecular complexity index is 1230. The van der Waals surface area contributed by atoms with Crippen LogP contribution in [0.3, 0.4) is 0 Å².